The van der Waals surface area contributed by atoms with Crippen molar-refractivity contribution >= 4 is 20.4 Å². The van der Waals surface area contributed by atoms with Crippen molar-refractivity contribution in [1.82, 2.24) is 18.9 Å². The molecule has 0 saturated carbocycles. The molecule has 0 saturated heterocycles. The van der Waals surface area contributed by atoms with E-state index in [0.717, 1.165) is 0 Å². The molecule has 0 rings (SSSR count). The molecule has 0 amide bonds. The fourth-order valence-corrected chi connectivity index (χ4v) is 4.24. The van der Waals surface area contributed by atoms with Crippen molar-refractivity contribution in [1.29, 1.82) is 0 Å². The van der Waals surface area contributed by atoms with Crippen LogP contribution >= 0.6 is 0 Å². The van der Waals surface area contributed by atoms with Crippen molar-refractivity contribution in [2.45, 2.75) is 65.6 Å². The van der Waals surface area contributed by atoms with Crippen molar-refractivity contribution in [3.63, 3.8) is 0 Å². The van der Waals surface area contributed by atoms with Gasteiger partial charge in [-0.15, -0.1) is 0 Å². The first kappa shape index (κ1) is 20.7. The lowest BCUT2D eigenvalue weighted by Gasteiger charge is -2.24. The van der Waals surface area contributed by atoms with Crippen LogP contribution in [0.5, 0.6) is 0 Å². The molecule has 1 unspecified atom stereocenters. The molecule has 21 heavy (non-hydrogen) atoms. The topological polar surface area (TPSA) is 116 Å². The van der Waals surface area contributed by atoms with Crippen LogP contribution in [0.2, 0.25) is 0 Å². The van der Waals surface area contributed by atoms with E-state index >= 15 is 0 Å². The minimum Gasteiger partial charge on any atom is -0.201 e. The fourth-order valence-electron chi connectivity index (χ4n) is 1.41. The lowest BCUT2D eigenvalue weighted by atomic mass is 10.1. The van der Waals surface area contributed by atoms with Crippen molar-refractivity contribution in [2.24, 2.45) is 0 Å². The summed E-state index contributed by atoms with van der Waals surface area (Å²) >= 11 is 0. The van der Waals surface area contributed by atoms with Gasteiger partial charge >= 0.3 is 0 Å². The lowest BCUT2D eigenvalue weighted by Crippen LogP contribution is -2.53. The van der Waals surface area contributed by atoms with Gasteiger partial charge in [0.05, 0.1) is 0 Å². The summed E-state index contributed by atoms with van der Waals surface area (Å²) in [5.41, 5.74) is -1.22. The molecule has 0 heterocycles. The Labute approximate surface area is 128 Å². The van der Waals surface area contributed by atoms with Gasteiger partial charge in [0.2, 0.25) is 0 Å². The Bertz CT molecular complexity index is 530. The summed E-state index contributed by atoms with van der Waals surface area (Å²) in [5.74, 6) is 0. The molecular formula is C11H28N4O4S2. The highest BCUT2D eigenvalue weighted by Crippen LogP contribution is 2.02. The SMILES string of the molecule is CC(CNS(=O)(=O)NC(C)(C)C)NS(=O)(=O)NC(C)(C)C. The van der Waals surface area contributed by atoms with Crippen LogP contribution in [0.15, 0.2) is 0 Å². The van der Waals surface area contributed by atoms with Gasteiger partial charge in [-0.3, -0.25) is 0 Å². The van der Waals surface area contributed by atoms with Crippen molar-refractivity contribution in [3.05, 3.63) is 0 Å². The Morgan fingerprint density at radius 1 is 0.810 bits per heavy atom. The van der Waals surface area contributed by atoms with Gasteiger partial charge in [-0.1, -0.05) is 0 Å². The minimum absolute atomic E-state index is 0.0591. The molecule has 0 aliphatic heterocycles. The second-order valence-electron chi connectivity index (χ2n) is 7.08. The maximum atomic E-state index is 11.8. The molecule has 0 aromatic heterocycles. The Balaban J connectivity index is 4.50. The highest BCUT2D eigenvalue weighted by molar-refractivity contribution is 7.87. The van der Waals surface area contributed by atoms with Gasteiger partial charge in [0.25, 0.3) is 20.4 Å². The molecule has 0 bridgehead atoms. The Kier molecular flexibility index (Phi) is 6.80. The monoisotopic (exact) mass is 344 g/mol. The maximum Gasteiger partial charge on any atom is 0.277 e. The molecule has 0 aromatic rings. The van der Waals surface area contributed by atoms with E-state index in [1.54, 1.807) is 48.5 Å². The van der Waals surface area contributed by atoms with E-state index in [4.69, 9.17) is 0 Å². The van der Waals surface area contributed by atoms with E-state index in [1.165, 1.54) is 0 Å². The highest BCUT2D eigenvalue weighted by atomic mass is 32.2. The molecule has 0 aromatic carbocycles. The van der Waals surface area contributed by atoms with Crippen LogP contribution in [0.3, 0.4) is 0 Å². The largest absolute Gasteiger partial charge is 0.277 e. The third-order valence-electron chi connectivity index (χ3n) is 1.82. The third kappa shape index (κ3) is 12.0. The zero-order chi connectivity index (χ0) is 17.1. The van der Waals surface area contributed by atoms with E-state index in [0.29, 0.717) is 0 Å². The first-order valence-corrected chi connectivity index (χ1v) is 9.58. The third-order valence-corrected chi connectivity index (χ3v) is 4.84. The summed E-state index contributed by atoms with van der Waals surface area (Å²) in [6.07, 6.45) is 0. The standard InChI is InChI=1S/C11H28N4O4S2/c1-9(13-21(18,19)15-11(5,6)7)8-12-20(16,17)14-10(2,3)4/h9,12-15H,8H2,1-7H3. The molecule has 0 fully saturated rings. The Morgan fingerprint density at radius 2 is 1.19 bits per heavy atom. The van der Waals surface area contributed by atoms with Gasteiger partial charge in [-0.05, 0) is 48.5 Å². The molecule has 8 nitrogen and oxygen atoms in total. The molecule has 0 aliphatic carbocycles. The molecule has 4 N–H and O–H groups in total. The number of hydrogen-bond donors (Lipinski definition) is 4. The van der Waals surface area contributed by atoms with Gasteiger partial charge in [0.15, 0.2) is 0 Å². The smallest absolute Gasteiger partial charge is 0.201 e. The van der Waals surface area contributed by atoms with Gasteiger partial charge < -0.3 is 0 Å². The predicted octanol–water partition coefficient (Wildman–Crippen LogP) is -0.180. The molecule has 1 atom stereocenters. The van der Waals surface area contributed by atoms with Crippen LogP contribution in [-0.4, -0.2) is 40.5 Å². The van der Waals surface area contributed by atoms with Crippen molar-refractivity contribution < 1.29 is 16.8 Å². The van der Waals surface area contributed by atoms with E-state index in [9.17, 15) is 16.8 Å². The number of hydrogen-bond acceptors (Lipinski definition) is 4. The first-order chi connectivity index (χ1) is 9.02. The van der Waals surface area contributed by atoms with Gasteiger partial charge in [-0.2, -0.15) is 31.0 Å². The molecule has 0 aliphatic rings. The fraction of sp³-hybridized carbons (Fsp3) is 1.00. The summed E-state index contributed by atoms with van der Waals surface area (Å²) < 4.78 is 56.6. The van der Waals surface area contributed by atoms with Crippen LogP contribution in [0.25, 0.3) is 0 Å². The quantitative estimate of drug-likeness (QED) is 0.512. The maximum absolute atomic E-state index is 11.8. The number of nitrogens with one attached hydrogen (secondary N) is 4. The molecule has 0 radical (unpaired) electrons. The predicted molar refractivity (Wildman–Crippen MR) is 84.2 cm³/mol. The van der Waals surface area contributed by atoms with Crippen LogP contribution in [-0.2, 0) is 20.4 Å². The lowest BCUT2D eigenvalue weighted by molar-refractivity contribution is 0.467. The van der Waals surface area contributed by atoms with Gasteiger partial charge in [0, 0.05) is 23.7 Å². The van der Waals surface area contributed by atoms with Gasteiger partial charge in [0.1, 0.15) is 0 Å². The first-order valence-electron chi connectivity index (χ1n) is 6.61. The summed E-state index contributed by atoms with van der Waals surface area (Å²) in [5, 5.41) is 0. The minimum atomic E-state index is -3.70. The highest BCUT2D eigenvalue weighted by Gasteiger charge is 2.23. The van der Waals surface area contributed by atoms with Crippen LogP contribution in [0.4, 0.5) is 0 Å². The molecule has 128 valence electrons. The van der Waals surface area contributed by atoms with E-state index < -0.39 is 37.5 Å². The van der Waals surface area contributed by atoms with Crippen molar-refractivity contribution in [2.75, 3.05) is 6.54 Å². The average molecular weight is 345 g/mol. The zero-order valence-electron chi connectivity index (χ0n) is 13.7. The van der Waals surface area contributed by atoms with Crippen LogP contribution in [0.1, 0.15) is 48.5 Å². The van der Waals surface area contributed by atoms with Crippen molar-refractivity contribution in [3.8, 4) is 0 Å². The van der Waals surface area contributed by atoms with Crippen LogP contribution in [0, 0.1) is 0 Å². The second-order valence-corrected chi connectivity index (χ2v) is 10.0. The van der Waals surface area contributed by atoms with E-state index in [1.807, 2.05) is 0 Å². The van der Waals surface area contributed by atoms with E-state index in [-0.39, 0.29) is 6.54 Å². The average Bonchev–Trinajstić information content (AvgIpc) is 2.05. The van der Waals surface area contributed by atoms with E-state index in [2.05, 4.69) is 18.9 Å². The molecule has 0 spiro atoms. The Hall–Kier alpha value is -0.260. The van der Waals surface area contributed by atoms with Gasteiger partial charge in [-0.25, -0.2) is 4.72 Å². The summed E-state index contributed by atoms with van der Waals surface area (Å²) in [6.45, 7) is 11.8. The summed E-state index contributed by atoms with van der Waals surface area (Å²) in [7, 11) is -7.38. The summed E-state index contributed by atoms with van der Waals surface area (Å²) in [4.78, 5) is 0. The Morgan fingerprint density at radius 3 is 1.57 bits per heavy atom. The van der Waals surface area contributed by atoms with Crippen LogP contribution < -0.4 is 18.9 Å². The normalized spacial score (nSPS) is 16.0. The summed E-state index contributed by atoms with van der Waals surface area (Å²) in [6, 6.07) is -0.596. The number of rotatable bonds is 7. The zero-order valence-corrected chi connectivity index (χ0v) is 15.4. The molecule has 10 heteroatoms. The molecular weight excluding hydrogens is 316 g/mol. The second kappa shape index (κ2) is 6.88.